The van der Waals surface area contributed by atoms with Crippen molar-refractivity contribution in [3.63, 3.8) is 0 Å². The van der Waals surface area contributed by atoms with Crippen LogP contribution in [-0.4, -0.2) is 88.6 Å². The summed E-state index contributed by atoms with van der Waals surface area (Å²) >= 11 is 0. The Balaban J connectivity index is 0.00000300. The van der Waals surface area contributed by atoms with Gasteiger partial charge in [0.1, 0.15) is 5.82 Å². The normalized spacial score (nSPS) is 20.4. The van der Waals surface area contributed by atoms with Crippen LogP contribution >= 0.6 is 24.0 Å². The number of hydrogen-bond donors (Lipinski definition) is 2. The molecular formula is C20H35IN6O2. The van der Waals surface area contributed by atoms with Crippen molar-refractivity contribution in [3.05, 3.63) is 23.9 Å². The van der Waals surface area contributed by atoms with Gasteiger partial charge in [-0.15, -0.1) is 24.0 Å². The van der Waals surface area contributed by atoms with Crippen LogP contribution in [0, 0.1) is 0 Å². The first kappa shape index (κ1) is 24.1. The van der Waals surface area contributed by atoms with Crippen molar-refractivity contribution in [3.8, 4) is 0 Å². The molecule has 1 atom stereocenters. The summed E-state index contributed by atoms with van der Waals surface area (Å²) in [5, 5.41) is 6.67. The first-order valence-corrected chi connectivity index (χ1v) is 10.3. The second-order valence-electron chi connectivity index (χ2n) is 7.38. The number of anilines is 1. The number of guanidine groups is 1. The molecule has 0 spiro atoms. The van der Waals surface area contributed by atoms with Crippen LogP contribution in [0.1, 0.15) is 18.4 Å². The molecule has 164 valence electrons. The Morgan fingerprint density at radius 1 is 1.28 bits per heavy atom. The summed E-state index contributed by atoms with van der Waals surface area (Å²) in [6, 6.07) is 4.25. The Labute approximate surface area is 191 Å². The third-order valence-electron chi connectivity index (χ3n) is 5.17. The number of nitrogens with zero attached hydrogens (tertiary/aromatic N) is 4. The largest absolute Gasteiger partial charge is 0.379 e. The fourth-order valence-electron chi connectivity index (χ4n) is 3.32. The van der Waals surface area contributed by atoms with Crippen molar-refractivity contribution in [1.82, 2.24) is 20.5 Å². The molecule has 2 aliphatic rings. The Bertz CT molecular complexity index is 601. The van der Waals surface area contributed by atoms with E-state index < -0.39 is 0 Å². The number of ether oxygens (including phenoxy) is 2. The van der Waals surface area contributed by atoms with E-state index in [4.69, 9.17) is 9.47 Å². The number of piperazine rings is 1. The predicted molar refractivity (Wildman–Crippen MR) is 127 cm³/mol. The summed E-state index contributed by atoms with van der Waals surface area (Å²) in [6.07, 6.45) is 4.18. The van der Waals surface area contributed by atoms with E-state index in [9.17, 15) is 0 Å². The van der Waals surface area contributed by atoms with Crippen molar-refractivity contribution < 1.29 is 9.47 Å². The molecule has 2 N–H and O–H groups in total. The van der Waals surface area contributed by atoms with E-state index in [-0.39, 0.29) is 30.1 Å². The molecule has 8 nitrogen and oxygen atoms in total. The van der Waals surface area contributed by atoms with Gasteiger partial charge in [0, 0.05) is 65.7 Å². The highest BCUT2D eigenvalue weighted by atomic mass is 127. The van der Waals surface area contributed by atoms with Crippen LogP contribution in [-0.2, 0) is 16.0 Å². The van der Waals surface area contributed by atoms with E-state index >= 15 is 0 Å². The second-order valence-corrected chi connectivity index (χ2v) is 7.38. The summed E-state index contributed by atoms with van der Waals surface area (Å²) in [5.41, 5.74) is 1.14. The maximum absolute atomic E-state index is 5.77. The predicted octanol–water partition coefficient (Wildman–Crippen LogP) is 1.31. The van der Waals surface area contributed by atoms with Crippen molar-refractivity contribution in [2.45, 2.75) is 25.5 Å². The molecule has 2 fully saturated rings. The van der Waals surface area contributed by atoms with Crippen molar-refractivity contribution >= 4 is 35.8 Å². The lowest BCUT2D eigenvalue weighted by Gasteiger charge is -2.33. The molecule has 0 aliphatic carbocycles. The van der Waals surface area contributed by atoms with Crippen LogP contribution in [0.25, 0.3) is 0 Å². The van der Waals surface area contributed by atoms with Crippen LogP contribution < -0.4 is 15.5 Å². The van der Waals surface area contributed by atoms with Crippen LogP contribution in [0.2, 0.25) is 0 Å². The lowest BCUT2D eigenvalue weighted by Crippen LogP contribution is -2.44. The summed E-state index contributed by atoms with van der Waals surface area (Å²) in [7, 11) is 3.95. The fourth-order valence-corrected chi connectivity index (χ4v) is 3.32. The molecule has 1 aromatic heterocycles. The van der Waals surface area contributed by atoms with Gasteiger partial charge in [-0.05, 0) is 31.5 Å². The first-order valence-electron chi connectivity index (χ1n) is 10.3. The van der Waals surface area contributed by atoms with E-state index in [0.717, 1.165) is 82.7 Å². The van der Waals surface area contributed by atoms with Gasteiger partial charge in [0.05, 0.1) is 12.7 Å². The zero-order valence-corrected chi connectivity index (χ0v) is 19.9. The lowest BCUT2D eigenvalue weighted by molar-refractivity contribution is 0.0420. The van der Waals surface area contributed by atoms with Crippen LogP contribution in [0.5, 0.6) is 0 Å². The van der Waals surface area contributed by atoms with Gasteiger partial charge in [-0.1, -0.05) is 6.07 Å². The SMILES string of the molecule is CN=C(NCCCOC1CCOC1)NCc1ccc(N2CCN(C)CC2)nc1.I. The van der Waals surface area contributed by atoms with Gasteiger partial charge >= 0.3 is 0 Å². The minimum absolute atomic E-state index is 0. The Morgan fingerprint density at radius 2 is 2.10 bits per heavy atom. The van der Waals surface area contributed by atoms with E-state index in [1.165, 1.54) is 0 Å². The van der Waals surface area contributed by atoms with Crippen molar-refractivity contribution in [1.29, 1.82) is 0 Å². The van der Waals surface area contributed by atoms with Crippen molar-refractivity contribution in [2.24, 2.45) is 4.99 Å². The highest BCUT2D eigenvalue weighted by Gasteiger charge is 2.16. The van der Waals surface area contributed by atoms with Crippen LogP contribution in [0.3, 0.4) is 0 Å². The quantitative estimate of drug-likeness (QED) is 0.233. The molecule has 0 saturated carbocycles. The topological polar surface area (TPSA) is 74.3 Å². The Kier molecular flexibility index (Phi) is 11.0. The summed E-state index contributed by atoms with van der Waals surface area (Å²) in [5.74, 6) is 1.86. The highest BCUT2D eigenvalue weighted by molar-refractivity contribution is 14.0. The highest BCUT2D eigenvalue weighted by Crippen LogP contribution is 2.13. The number of rotatable bonds is 8. The molecular weight excluding hydrogens is 483 g/mol. The molecule has 3 heterocycles. The minimum atomic E-state index is 0. The number of nitrogens with one attached hydrogen (secondary N) is 2. The van der Waals surface area contributed by atoms with Gasteiger partial charge in [-0.2, -0.15) is 0 Å². The van der Waals surface area contributed by atoms with Crippen LogP contribution in [0.15, 0.2) is 23.3 Å². The summed E-state index contributed by atoms with van der Waals surface area (Å²) in [4.78, 5) is 13.6. The van der Waals surface area contributed by atoms with Gasteiger partial charge in [-0.3, -0.25) is 4.99 Å². The first-order chi connectivity index (χ1) is 13.7. The van der Waals surface area contributed by atoms with Crippen LogP contribution in [0.4, 0.5) is 5.82 Å². The molecule has 9 heteroatoms. The molecule has 0 radical (unpaired) electrons. The third kappa shape index (κ3) is 8.23. The van der Waals surface area contributed by atoms with Gasteiger partial charge < -0.3 is 29.9 Å². The average Bonchev–Trinajstić information content (AvgIpc) is 3.25. The molecule has 0 aromatic carbocycles. The lowest BCUT2D eigenvalue weighted by atomic mass is 10.2. The van der Waals surface area contributed by atoms with E-state index in [1.807, 2.05) is 6.20 Å². The van der Waals surface area contributed by atoms with E-state index in [1.54, 1.807) is 7.05 Å². The zero-order valence-electron chi connectivity index (χ0n) is 17.6. The number of halogens is 1. The summed E-state index contributed by atoms with van der Waals surface area (Å²) < 4.78 is 11.1. The fraction of sp³-hybridized carbons (Fsp3) is 0.700. The Morgan fingerprint density at radius 3 is 2.76 bits per heavy atom. The number of aromatic nitrogens is 1. The monoisotopic (exact) mass is 518 g/mol. The number of aliphatic imine (C=N–C) groups is 1. The van der Waals surface area contributed by atoms with Gasteiger partial charge in [0.2, 0.25) is 0 Å². The molecule has 2 aliphatic heterocycles. The molecule has 0 amide bonds. The second kappa shape index (κ2) is 13.2. The molecule has 1 unspecified atom stereocenters. The molecule has 1 aromatic rings. The molecule has 0 bridgehead atoms. The minimum Gasteiger partial charge on any atom is -0.379 e. The average molecular weight is 518 g/mol. The van der Waals surface area contributed by atoms with E-state index in [2.05, 4.69) is 49.6 Å². The zero-order chi connectivity index (χ0) is 19.6. The molecule has 3 rings (SSSR count). The maximum atomic E-state index is 5.77. The van der Waals surface area contributed by atoms with E-state index in [0.29, 0.717) is 6.54 Å². The van der Waals surface area contributed by atoms with Gasteiger partial charge in [-0.25, -0.2) is 4.98 Å². The standard InChI is InChI=1S/C20H34N6O2.HI/c1-21-20(22-7-3-12-28-18-6-13-27-16-18)24-15-17-4-5-19(23-14-17)26-10-8-25(2)9-11-26;/h4-5,14,18H,3,6-13,15-16H2,1-2H3,(H2,21,22,24);1H. The summed E-state index contributed by atoms with van der Waals surface area (Å²) in [6.45, 7) is 8.08. The van der Waals surface area contributed by atoms with Crippen molar-refractivity contribution in [2.75, 3.05) is 71.5 Å². The molecule has 2 saturated heterocycles. The maximum Gasteiger partial charge on any atom is 0.191 e. The number of pyridine rings is 1. The smallest absolute Gasteiger partial charge is 0.191 e. The van der Waals surface area contributed by atoms with Gasteiger partial charge in [0.25, 0.3) is 0 Å². The number of likely N-dealkylation sites (N-methyl/N-ethyl adjacent to an activating group) is 1. The Hall–Kier alpha value is -1.17. The molecule has 29 heavy (non-hydrogen) atoms. The third-order valence-corrected chi connectivity index (χ3v) is 5.17. The number of hydrogen-bond acceptors (Lipinski definition) is 6. The van der Waals surface area contributed by atoms with Gasteiger partial charge in [0.15, 0.2) is 5.96 Å².